The highest BCUT2D eigenvalue weighted by Crippen LogP contribution is 2.29. The number of nitrogens with zero attached hydrogens (tertiary/aromatic N) is 2. The van der Waals surface area contributed by atoms with E-state index in [1.54, 1.807) is 4.68 Å². The molecule has 2 heterocycles. The van der Waals surface area contributed by atoms with Crippen molar-refractivity contribution < 1.29 is 4.79 Å². The van der Waals surface area contributed by atoms with Crippen molar-refractivity contribution in [3.05, 3.63) is 83.2 Å². The lowest BCUT2D eigenvalue weighted by Gasteiger charge is -2.20. The zero-order valence-electron chi connectivity index (χ0n) is 20.9. The predicted octanol–water partition coefficient (Wildman–Crippen LogP) is 6.18. The molecule has 4 rings (SSSR count). The molecule has 0 radical (unpaired) electrons. The van der Waals surface area contributed by atoms with Crippen LogP contribution in [0.15, 0.2) is 66.4 Å². The summed E-state index contributed by atoms with van der Waals surface area (Å²) in [6.07, 6.45) is 2.96. The molecule has 2 amide bonds. The van der Waals surface area contributed by atoms with Crippen molar-refractivity contribution in [1.29, 1.82) is 0 Å². The number of carbonyl (C=O) groups is 1. The number of anilines is 2. The van der Waals surface area contributed by atoms with E-state index >= 15 is 0 Å². The van der Waals surface area contributed by atoms with Crippen LogP contribution < -0.4 is 16.0 Å². The maximum Gasteiger partial charge on any atom is 0.324 e. The summed E-state index contributed by atoms with van der Waals surface area (Å²) in [6, 6.07) is 18.2. The molecule has 1 aliphatic rings. The molecule has 1 aliphatic heterocycles. The van der Waals surface area contributed by atoms with Gasteiger partial charge in [0, 0.05) is 29.1 Å². The van der Waals surface area contributed by atoms with E-state index < -0.39 is 0 Å². The van der Waals surface area contributed by atoms with Crippen LogP contribution in [-0.2, 0) is 11.8 Å². The van der Waals surface area contributed by atoms with Gasteiger partial charge in [0.1, 0.15) is 5.82 Å². The van der Waals surface area contributed by atoms with Crippen LogP contribution in [0, 0.1) is 12.8 Å². The van der Waals surface area contributed by atoms with Gasteiger partial charge in [0.15, 0.2) is 0 Å². The normalized spacial score (nSPS) is 17.8. The summed E-state index contributed by atoms with van der Waals surface area (Å²) in [4.78, 5) is 13.1. The molecule has 0 bridgehead atoms. The van der Waals surface area contributed by atoms with E-state index in [1.165, 1.54) is 11.1 Å². The van der Waals surface area contributed by atoms with E-state index in [4.69, 9.17) is 5.10 Å². The summed E-state index contributed by atoms with van der Waals surface area (Å²) in [5, 5.41) is 14.3. The number of para-hydroxylation sites is 1. The lowest BCUT2D eigenvalue weighted by molar-refractivity contribution is 0.262. The minimum atomic E-state index is -0.286. The number of amides is 2. The average Bonchev–Trinajstić information content (AvgIpc) is 3.34. The molecule has 6 heteroatoms. The Kier molecular flexibility index (Phi) is 6.51. The van der Waals surface area contributed by atoms with Gasteiger partial charge in [-0.2, -0.15) is 5.10 Å². The van der Waals surface area contributed by atoms with Gasteiger partial charge < -0.3 is 10.6 Å². The first-order chi connectivity index (χ1) is 16.1. The van der Waals surface area contributed by atoms with Crippen molar-refractivity contribution in [2.45, 2.75) is 59.4 Å². The van der Waals surface area contributed by atoms with Crippen LogP contribution in [0.2, 0.25) is 0 Å². The largest absolute Gasteiger partial charge is 0.388 e. The first-order valence-electron chi connectivity index (χ1n) is 11.9. The molecular formula is C28H35N5O. The molecule has 6 nitrogen and oxygen atoms in total. The molecule has 3 N–H and O–H groups in total. The Morgan fingerprint density at radius 2 is 1.76 bits per heavy atom. The van der Waals surface area contributed by atoms with E-state index in [1.807, 2.05) is 48.5 Å². The van der Waals surface area contributed by atoms with Crippen molar-refractivity contribution in [3.8, 4) is 5.69 Å². The van der Waals surface area contributed by atoms with E-state index in [0.29, 0.717) is 17.8 Å². The molecule has 0 fully saturated rings. The number of carbonyl (C=O) groups excluding carboxylic acids is 1. The van der Waals surface area contributed by atoms with E-state index in [0.717, 1.165) is 29.1 Å². The van der Waals surface area contributed by atoms with Crippen LogP contribution >= 0.6 is 0 Å². The van der Waals surface area contributed by atoms with Crippen molar-refractivity contribution in [2.24, 2.45) is 5.92 Å². The molecule has 34 heavy (non-hydrogen) atoms. The lowest BCUT2D eigenvalue weighted by atomic mass is 9.89. The van der Waals surface area contributed by atoms with Crippen LogP contribution in [-0.4, -0.2) is 21.9 Å². The first-order valence-corrected chi connectivity index (χ1v) is 11.9. The third kappa shape index (κ3) is 5.16. The molecule has 2 atom stereocenters. The minimum Gasteiger partial charge on any atom is -0.388 e. The van der Waals surface area contributed by atoms with Crippen LogP contribution in [0.1, 0.15) is 51.4 Å². The third-order valence-electron chi connectivity index (χ3n) is 6.47. The Balaban J connectivity index is 1.56. The Hall–Kier alpha value is -3.54. The average molecular weight is 458 g/mol. The molecule has 178 valence electrons. The number of urea groups is 1. The highest BCUT2D eigenvalue weighted by atomic mass is 16.2. The number of aryl methyl sites for hydroxylation is 1. The molecule has 0 saturated carbocycles. The maximum absolute atomic E-state index is 13.1. The second-order valence-corrected chi connectivity index (χ2v) is 10.3. The third-order valence-corrected chi connectivity index (χ3v) is 6.47. The number of nitrogens with one attached hydrogen (secondary N) is 3. The zero-order valence-corrected chi connectivity index (χ0v) is 20.9. The van der Waals surface area contributed by atoms with Crippen molar-refractivity contribution in [1.82, 2.24) is 15.1 Å². The minimum absolute atomic E-state index is 0.146. The Bertz CT molecular complexity index is 1200. The summed E-state index contributed by atoms with van der Waals surface area (Å²) >= 11 is 0. The van der Waals surface area contributed by atoms with Gasteiger partial charge >= 0.3 is 6.03 Å². The summed E-state index contributed by atoms with van der Waals surface area (Å²) in [7, 11) is 0. The van der Waals surface area contributed by atoms with Crippen molar-refractivity contribution in [2.75, 3.05) is 10.6 Å². The smallest absolute Gasteiger partial charge is 0.324 e. The quantitative estimate of drug-likeness (QED) is 0.429. The molecule has 1 aromatic heterocycles. The maximum atomic E-state index is 13.1. The second-order valence-electron chi connectivity index (χ2n) is 10.3. The predicted molar refractivity (Wildman–Crippen MR) is 140 cm³/mol. The van der Waals surface area contributed by atoms with Gasteiger partial charge in [-0.1, -0.05) is 62.2 Å². The van der Waals surface area contributed by atoms with Gasteiger partial charge in [-0.05, 0) is 57.2 Å². The van der Waals surface area contributed by atoms with E-state index in [9.17, 15) is 4.79 Å². The topological polar surface area (TPSA) is 71.0 Å². The number of benzene rings is 2. The van der Waals surface area contributed by atoms with Gasteiger partial charge in [0.05, 0.1) is 11.4 Å². The van der Waals surface area contributed by atoms with Crippen LogP contribution in [0.5, 0.6) is 0 Å². The number of hydrogen-bond acceptors (Lipinski definition) is 3. The number of aromatic nitrogens is 2. The summed E-state index contributed by atoms with van der Waals surface area (Å²) in [6.45, 7) is 12.7. The molecule has 0 spiro atoms. The van der Waals surface area contributed by atoms with Gasteiger partial charge in [0.2, 0.25) is 0 Å². The van der Waals surface area contributed by atoms with Gasteiger partial charge in [-0.15, -0.1) is 0 Å². The van der Waals surface area contributed by atoms with E-state index in [2.05, 4.69) is 69.8 Å². The van der Waals surface area contributed by atoms with E-state index in [-0.39, 0.29) is 11.4 Å². The van der Waals surface area contributed by atoms with Gasteiger partial charge in [-0.3, -0.25) is 5.32 Å². The van der Waals surface area contributed by atoms with Crippen LogP contribution in [0.3, 0.4) is 0 Å². The zero-order chi connectivity index (χ0) is 24.5. The molecule has 0 aliphatic carbocycles. The fourth-order valence-corrected chi connectivity index (χ4v) is 4.26. The lowest BCUT2D eigenvalue weighted by Crippen LogP contribution is -2.26. The Morgan fingerprint density at radius 3 is 2.41 bits per heavy atom. The molecular weight excluding hydrogens is 422 g/mol. The molecule has 2 aromatic carbocycles. The van der Waals surface area contributed by atoms with Gasteiger partial charge in [-0.25, -0.2) is 9.48 Å². The SMILES string of the molecule is CC1=CNC(C)C1Cc1ccccc1NC(=O)Nc1cc(C(C)(C)C)nn1-c1ccc(C)cc1. The monoisotopic (exact) mass is 457 g/mol. The highest BCUT2D eigenvalue weighted by molar-refractivity contribution is 6.00. The molecule has 2 unspecified atom stereocenters. The fraction of sp³-hybridized carbons (Fsp3) is 0.357. The summed E-state index contributed by atoms with van der Waals surface area (Å²) < 4.78 is 1.80. The molecule has 0 saturated heterocycles. The summed E-state index contributed by atoms with van der Waals surface area (Å²) in [5.74, 6) is 1.04. The standard InChI is InChI=1S/C28H35N5O/c1-18-11-13-22(14-12-18)33-26(16-25(32-33)28(4,5)6)31-27(34)30-24-10-8-7-9-21(24)15-23-19(2)17-29-20(23)3/h7-14,16-17,20,23,29H,15H2,1-6H3,(H2,30,31,34). The Morgan fingerprint density at radius 1 is 1.06 bits per heavy atom. The van der Waals surface area contributed by atoms with Crippen LogP contribution in [0.25, 0.3) is 5.69 Å². The Labute approximate surface area is 202 Å². The number of hydrogen-bond donors (Lipinski definition) is 3. The molecule has 3 aromatic rings. The van der Waals surface area contributed by atoms with Crippen molar-refractivity contribution in [3.63, 3.8) is 0 Å². The summed E-state index contributed by atoms with van der Waals surface area (Å²) in [5.41, 5.74) is 6.12. The van der Waals surface area contributed by atoms with Gasteiger partial charge in [0.25, 0.3) is 0 Å². The fourth-order valence-electron chi connectivity index (χ4n) is 4.26. The first kappa shape index (κ1) is 23.6. The highest BCUT2D eigenvalue weighted by Gasteiger charge is 2.25. The number of rotatable bonds is 5. The van der Waals surface area contributed by atoms with Crippen molar-refractivity contribution >= 4 is 17.5 Å². The second kappa shape index (κ2) is 9.37. The van der Waals surface area contributed by atoms with Crippen LogP contribution in [0.4, 0.5) is 16.3 Å².